The van der Waals surface area contributed by atoms with Crippen molar-refractivity contribution in [2.75, 3.05) is 23.3 Å². The van der Waals surface area contributed by atoms with Crippen LogP contribution in [-0.4, -0.2) is 24.1 Å². The van der Waals surface area contributed by atoms with Gasteiger partial charge in [-0.1, -0.05) is 29.8 Å². The highest BCUT2D eigenvalue weighted by atomic mass is 32.1. The molecule has 0 spiro atoms. The number of benzene rings is 2. The van der Waals surface area contributed by atoms with E-state index in [2.05, 4.69) is 21.6 Å². The topological polar surface area (TPSA) is 44.4 Å². The molecule has 2 aromatic rings. The summed E-state index contributed by atoms with van der Waals surface area (Å²) in [6, 6.07) is 15.5. The van der Waals surface area contributed by atoms with Gasteiger partial charge in [0, 0.05) is 18.7 Å². The molecule has 1 amide bonds. The van der Waals surface area contributed by atoms with Crippen LogP contribution >= 0.6 is 12.2 Å². The monoisotopic (exact) mass is 353 g/mol. The first-order valence-corrected chi connectivity index (χ1v) is 9.07. The lowest BCUT2D eigenvalue weighted by Gasteiger charge is -2.30. The van der Waals surface area contributed by atoms with Crippen molar-refractivity contribution in [1.29, 1.82) is 0 Å². The molecule has 0 aromatic heterocycles. The summed E-state index contributed by atoms with van der Waals surface area (Å²) >= 11 is 5.34. The second kappa shape index (κ2) is 8.12. The molecule has 1 saturated heterocycles. The van der Waals surface area contributed by atoms with Gasteiger partial charge in [-0.25, -0.2) is 0 Å². The number of amides is 1. The van der Waals surface area contributed by atoms with Crippen LogP contribution < -0.4 is 15.5 Å². The van der Waals surface area contributed by atoms with Crippen LogP contribution in [0.2, 0.25) is 0 Å². The quantitative estimate of drug-likeness (QED) is 0.815. The molecule has 0 atom stereocenters. The highest BCUT2D eigenvalue weighted by Crippen LogP contribution is 2.28. The second-order valence-electron chi connectivity index (χ2n) is 6.34. The van der Waals surface area contributed by atoms with Crippen molar-refractivity contribution in [1.82, 2.24) is 5.32 Å². The number of para-hydroxylation sites is 2. The van der Waals surface area contributed by atoms with E-state index in [9.17, 15) is 4.79 Å². The molecule has 1 aliphatic heterocycles. The van der Waals surface area contributed by atoms with E-state index in [4.69, 9.17) is 12.2 Å². The zero-order chi connectivity index (χ0) is 17.6. The lowest BCUT2D eigenvalue weighted by atomic mass is 10.1. The van der Waals surface area contributed by atoms with Gasteiger partial charge in [0.2, 0.25) is 0 Å². The fourth-order valence-corrected chi connectivity index (χ4v) is 3.23. The van der Waals surface area contributed by atoms with Crippen LogP contribution in [0.4, 0.5) is 11.4 Å². The standard InChI is InChI=1S/C20H23N3OS/c1-15-9-11-16(12-10-15)19(24)22-20(25)21-17-7-3-4-8-18(17)23-13-5-2-6-14-23/h3-4,7-12H,2,5-6,13-14H2,1H3,(H2,21,22,24,25). The molecular weight excluding hydrogens is 330 g/mol. The minimum atomic E-state index is -0.201. The van der Waals surface area contributed by atoms with Crippen molar-refractivity contribution in [2.45, 2.75) is 26.2 Å². The van der Waals surface area contributed by atoms with E-state index >= 15 is 0 Å². The Kier molecular flexibility index (Phi) is 5.66. The second-order valence-corrected chi connectivity index (χ2v) is 6.75. The van der Waals surface area contributed by atoms with Gasteiger partial charge in [0.15, 0.2) is 5.11 Å². The van der Waals surface area contributed by atoms with Crippen molar-refractivity contribution in [3.8, 4) is 0 Å². The maximum absolute atomic E-state index is 12.3. The van der Waals surface area contributed by atoms with Gasteiger partial charge in [-0.3, -0.25) is 10.1 Å². The van der Waals surface area contributed by atoms with Gasteiger partial charge >= 0.3 is 0 Å². The summed E-state index contributed by atoms with van der Waals surface area (Å²) in [6.45, 7) is 4.10. The van der Waals surface area contributed by atoms with E-state index in [-0.39, 0.29) is 5.91 Å². The van der Waals surface area contributed by atoms with Gasteiger partial charge in [-0.2, -0.15) is 0 Å². The molecule has 4 nitrogen and oxygen atoms in total. The van der Waals surface area contributed by atoms with Crippen LogP contribution in [0.1, 0.15) is 35.2 Å². The van der Waals surface area contributed by atoms with Crippen molar-refractivity contribution in [3.05, 3.63) is 59.7 Å². The van der Waals surface area contributed by atoms with Crippen LogP contribution in [-0.2, 0) is 0 Å². The van der Waals surface area contributed by atoms with Crippen molar-refractivity contribution < 1.29 is 4.79 Å². The molecule has 0 radical (unpaired) electrons. The Morgan fingerprint density at radius 2 is 1.68 bits per heavy atom. The Bertz CT molecular complexity index is 752. The molecule has 0 unspecified atom stereocenters. The first-order valence-electron chi connectivity index (χ1n) is 8.66. The maximum atomic E-state index is 12.3. The Hall–Kier alpha value is -2.40. The third-order valence-electron chi connectivity index (χ3n) is 4.39. The number of rotatable bonds is 3. The van der Waals surface area contributed by atoms with E-state index in [1.807, 2.05) is 37.3 Å². The maximum Gasteiger partial charge on any atom is 0.257 e. The molecule has 5 heteroatoms. The summed E-state index contributed by atoms with van der Waals surface area (Å²) in [6.07, 6.45) is 3.71. The molecule has 130 valence electrons. The van der Waals surface area contributed by atoms with Gasteiger partial charge in [0.05, 0.1) is 11.4 Å². The molecule has 0 saturated carbocycles. The Morgan fingerprint density at radius 1 is 1.00 bits per heavy atom. The molecule has 0 aliphatic carbocycles. The van der Waals surface area contributed by atoms with Crippen LogP contribution in [0.15, 0.2) is 48.5 Å². The molecule has 2 N–H and O–H groups in total. The summed E-state index contributed by atoms with van der Waals surface area (Å²) in [7, 11) is 0. The highest BCUT2D eigenvalue weighted by molar-refractivity contribution is 7.80. The van der Waals surface area contributed by atoms with Crippen LogP contribution in [0.5, 0.6) is 0 Å². The lowest BCUT2D eigenvalue weighted by molar-refractivity contribution is 0.0977. The van der Waals surface area contributed by atoms with Crippen molar-refractivity contribution >= 4 is 34.6 Å². The van der Waals surface area contributed by atoms with Gasteiger partial charge in [0.1, 0.15) is 0 Å². The molecule has 1 aliphatic rings. The lowest BCUT2D eigenvalue weighted by Crippen LogP contribution is -2.35. The smallest absolute Gasteiger partial charge is 0.257 e. The summed E-state index contributed by atoms with van der Waals surface area (Å²) < 4.78 is 0. The number of hydrogen-bond donors (Lipinski definition) is 2. The van der Waals surface area contributed by atoms with Crippen molar-refractivity contribution in [2.24, 2.45) is 0 Å². The number of hydrogen-bond acceptors (Lipinski definition) is 3. The number of nitrogens with zero attached hydrogens (tertiary/aromatic N) is 1. The van der Waals surface area contributed by atoms with E-state index in [0.29, 0.717) is 10.7 Å². The largest absolute Gasteiger partial charge is 0.370 e. The molecule has 2 aromatic carbocycles. The van der Waals surface area contributed by atoms with Gasteiger partial charge in [-0.15, -0.1) is 0 Å². The number of nitrogens with one attached hydrogen (secondary N) is 2. The van der Waals surface area contributed by atoms with E-state index in [1.165, 1.54) is 19.3 Å². The highest BCUT2D eigenvalue weighted by Gasteiger charge is 2.15. The zero-order valence-electron chi connectivity index (χ0n) is 14.4. The minimum absolute atomic E-state index is 0.201. The Balaban J connectivity index is 1.66. The number of carbonyl (C=O) groups excluding carboxylic acids is 1. The van der Waals surface area contributed by atoms with Crippen LogP contribution in [0.3, 0.4) is 0 Å². The predicted octanol–water partition coefficient (Wildman–Crippen LogP) is 4.11. The normalized spacial score (nSPS) is 14.0. The van der Waals surface area contributed by atoms with Gasteiger partial charge < -0.3 is 10.2 Å². The number of anilines is 2. The first-order chi connectivity index (χ1) is 12.1. The molecule has 3 rings (SSSR count). The van der Waals surface area contributed by atoms with Crippen LogP contribution in [0, 0.1) is 6.92 Å². The molecule has 0 bridgehead atoms. The summed E-state index contributed by atoms with van der Waals surface area (Å²) in [5.74, 6) is -0.201. The first kappa shape index (κ1) is 17.4. The van der Waals surface area contributed by atoms with Crippen LogP contribution in [0.25, 0.3) is 0 Å². The summed E-state index contributed by atoms with van der Waals surface area (Å²) in [4.78, 5) is 14.7. The summed E-state index contributed by atoms with van der Waals surface area (Å²) in [5, 5.41) is 6.25. The molecule has 1 fully saturated rings. The fourth-order valence-electron chi connectivity index (χ4n) is 3.02. The van der Waals surface area contributed by atoms with Gasteiger partial charge in [-0.05, 0) is 62.7 Å². The minimum Gasteiger partial charge on any atom is -0.370 e. The molecule has 25 heavy (non-hydrogen) atoms. The number of piperidine rings is 1. The van der Waals surface area contributed by atoms with Crippen molar-refractivity contribution in [3.63, 3.8) is 0 Å². The third kappa shape index (κ3) is 4.57. The summed E-state index contributed by atoms with van der Waals surface area (Å²) in [5.41, 5.74) is 3.78. The van der Waals surface area contributed by atoms with E-state index in [1.54, 1.807) is 12.1 Å². The van der Waals surface area contributed by atoms with E-state index in [0.717, 1.165) is 30.0 Å². The Morgan fingerprint density at radius 3 is 2.40 bits per heavy atom. The molecule has 1 heterocycles. The number of aryl methyl sites for hydroxylation is 1. The predicted molar refractivity (Wildman–Crippen MR) is 107 cm³/mol. The zero-order valence-corrected chi connectivity index (χ0v) is 15.2. The Labute approximate surface area is 154 Å². The number of carbonyl (C=O) groups is 1. The fraction of sp³-hybridized carbons (Fsp3) is 0.300. The molecular formula is C20H23N3OS. The van der Waals surface area contributed by atoms with E-state index < -0.39 is 0 Å². The average molecular weight is 353 g/mol. The average Bonchev–Trinajstić information content (AvgIpc) is 2.63. The third-order valence-corrected chi connectivity index (χ3v) is 4.59. The van der Waals surface area contributed by atoms with Gasteiger partial charge in [0.25, 0.3) is 5.91 Å². The SMILES string of the molecule is Cc1ccc(C(=O)NC(=S)Nc2ccccc2N2CCCCC2)cc1. The number of thiocarbonyl (C=S) groups is 1.